The minimum Gasteiger partial charge on any atom is -0.493 e. The van der Waals surface area contributed by atoms with Crippen LogP contribution < -0.4 is 18.9 Å². The molecule has 0 aliphatic carbocycles. The molecule has 3 aromatic rings. The summed E-state index contributed by atoms with van der Waals surface area (Å²) in [7, 11) is 6.09. The van der Waals surface area contributed by atoms with Crippen LogP contribution in [0.5, 0.6) is 23.0 Å². The zero-order valence-electron chi connectivity index (χ0n) is 14.8. The van der Waals surface area contributed by atoms with Crippen LogP contribution in [0.1, 0.15) is 0 Å². The van der Waals surface area contributed by atoms with Crippen molar-refractivity contribution < 1.29 is 23.3 Å². The van der Waals surface area contributed by atoms with E-state index in [9.17, 15) is 4.39 Å². The number of methoxy groups -OCH3 is 4. The molecule has 2 aromatic carbocycles. The number of aromatic nitrogens is 3. The van der Waals surface area contributed by atoms with E-state index in [4.69, 9.17) is 18.9 Å². The van der Waals surface area contributed by atoms with E-state index in [-0.39, 0.29) is 5.82 Å². The maximum atomic E-state index is 13.2. The number of nitrogens with zero attached hydrogens (tertiary/aromatic N) is 3. The smallest absolute Gasteiger partial charge is 0.207 e. The number of benzene rings is 2. The highest BCUT2D eigenvalue weighted by molar-refractivity contribution is 5.78. The highest BCUT2D eigenvalue weighted by Gasteiger charge is 2.24. The Balaban J connectivity index is 2.25. The summed E-state index contributed by atoms with van der Waals surface area (Å²) >= 11 is 0. The van der Waals surface area contributed by atoms with Gasteiger partial charge in [-0.1, -0.05) is 5.21 Å². The molecule has 0 amide bonds. The van der Waals surface area contributed by atoms with Crippen LogP contribution in [0.25, 0.3) is 16.9 Å². The molecule has 0 aliphatic heterocycles. The topological polar surface area (TPSA) is 67.6 Å². The van der Waals surface area contributed by atoms with Gasteiger partial charge >= 0.3 is 0 Å². The molecule has 0 saturated carbocycles. The Bertz CT molecular complexity index is 910. The van der Waals surface area contributed by atoms with Crippen LogP contribution in [0.15, 0.2) is 36.5 Å². The van der Waals surface area contributed by atoms with E-state index >= 15 is 0 Å². The minimum absolute atomic E-state index is 0.333. The Morgan fingerprint density at radius 3 is 2.08 bits per heavy atom. The number of halogens is 1. The number of hydrogen-bond donors (Lipinski definition) is 0. The third-order valence-corrected chi connectivity index (χ3v) is 3.89. The monoisotopic (exact) mass is 359 g/mol. The molecular weight excluding hydrogens is 341 g/mol. The van der Waals surface area contributed by atoms with Crippen molar-refractivity contribution in [3.8, 4) is 39.9 Å². The first kappa shape index (κ1) is 17.5. The maximum Gasteiger partial charge on any atom is 0.207 e. The van der Waals surface area contributed by atoms with Crippen LogP contribution >= 0.6 is 0 Å². The molecule has 26 heavy (non-hydrogen) atoms. The fourth-order valence-corrected chi connectivity index (χ4v) is 2.71. The zero-order chi connectivity index (χ0) is 18.7. The van der Waals surface area contributed by atoms with Gasteiger partial charge in [0.15, 0.2) is 11.5 Å². The summed E-state index contributed by atoms with van der Waals surface area (Å²) in [5.74, 6) is 1.37. The first-order valence-corrected chi connectivity index (χ1v) is 7.68. The molecule has 0 aliphatic rings. The fraction of sp³-hybridized carbons (Fsp3) is 0.222. The molecule has 1 heterocycles. The molecule has 0 N–H and O–H groups in total. The normalized spacial score (nSPS) is 10.5. The van der Waals surface area contributed by atoms with Crippen molar-refractivity contribution in [2.24, 2.45) is 0 Å². The quantitative estimate of drug-likeness (QED) is 0.674. The minimum atomic E-state index is -0.333. The van der Waals surface area contributed by atoms with Crippen LogP contribution in [-0.4, -0.2) is 43.4 Å². The van der Waals surface area contributed by atoms with E-state index in [0.717, 1.165) is 0 Å². The molecular formula is C18H18FN3O4. The van der Waals surface area contributed by atoms with Crippen molar-refractivity contribution in [1.82, 2.24) is 15.0 Å². The predicted molar refractivity (Wildman–Crippen MR) is 93.0 cm³/mol. The van der Waals surface area contributed by atoms with Gasteiger partial charge in [-0.2, -0.15) is 0 Å². The van der Waals surface area contributed by atoms with Crippen LogP contribution in [0.2, 0.25) is 0 Å². The van der Waals surface area contributed by atoms with Gasteiger partial charge in [-0.3, -0.25) is 0 Å². The molecule has 0 spiro atoms. The molecule has 0 atom stereocenters. The van der Waals surface area contributed by atoms with Crippen molar-refractivity contribution in [3.05, 3.63) is 42.3 Å². The lowest BCUT2D eigenvalue weighted by Gasteiger charge is -2.18. The first-order valence-electron chi connectivity index (χ1n) is 7.68. The Morgan fingerprint density at radius 1 is 0.846 bits per heavy atom. The Morgan fingerprint density at radius 2 is 1.50 bits per heavy atom. The third-order valence-electron chi connectivity index (χ3n) is 3.89. The van der Waals surface area contributed by atoms with Gasteiger partial charge in [-0.25, -0.2) is 9.07 Å². The van der Waals surface area contributed by atoms with Gasteiger partial charge in [0.25, 0.3) is 0 Å². The fourth-order valence-electron chi connectivity index (χ4n) is 2.71. The van der Waals surface area contributed by atoms with Crippen molar-refractivity contribution in [1.29, 1.82) is 0 Å². The summed E-state index contributed by atoms with van der Waals surface area (Å²) in [6, 6.07) is 7.68. The SMILES string of the molecule is COc1cc(-c2cnnn2-c2ccc(F)cc2)c(OC)c(OC)c1OC. The molecule has 0 radical (unpaired) electrons. The van der Waals surface area contributed by atoms with Crippen LogP contribution in [0.3, 0.4) is 0 Å². The lowest BCUT2D eigenvalue weighted by atomic mass is 10.1. The van der Waals surface area contributed by atoms with E-state index in [1.54, 1.807) is 29.1 Å². The van der Waals surface area contributed by atoms with Gasteiger partial charge in [-0.05, 0) is 30.3 Å². The van der Waals surface area contributed by atoms with E-state index in [2.05, 4.69) is 10.3 Å². The van der Waals surface area contributed by atoms with Crippen molar-refractivity contribution in [2.45, 2.75) is 0 Å². The molecule has 8 heteroatoms. The summed E-state index contributed by atoms with van der Waals surface area (Å²) < 4.78 is 36.6. The van der Waals surface area contributed by atoms with Crippen molar-refractivity contribution >= 4 is 0 Å². The molecule has 0 saturated heterocycles. The van der Waals surface area contributed by atoms with Gasteiger partial charge in [-0.15, -0.1) is 5.10 Å². The zero-order valence-corrected chi connectivity index (χ0v) is 14.8. The molecule has 0 unspecified atom stereocenters. The predicted octanol–water partition coefficient (Wildman–Crippen LogP) is 3.11. The molecule has 1 aromatic heterocycles. The Kier molecular flexibility index (Phi) is 4.92. The summed E-state index contributed by atoms with van der Waals surface area (Å²) in [6.45, 7) is 0. The van der Waals surface area contributed by atoms with E-state index < -0.39 is 0 Å². The summed E-state index contributed by atoms with van der Waals surface area (Å²) in [5.41, 5.74) is 1.90. The van der Waals surface area contributed by atoms with Crippen LogP contribution in [-0.2, 0) is 0 Å². The Hall–Kier alpha value is -3.29. The Labute approximate surface area is 149 Å². The standard InChI is InChI=1S/C18H18FN3O4/c1-23-15-9-13(16(24-2)18(26-4)17(15)25-3)14-10-20-21-22(14)12-7-5-11(19)6-8-12/h5-10H,1-4H3. The summed E-state index contributed by atoms with van der Waals surface area (Å²) in [6.07, 6.45) is 1.58. The highest BCUT2D eigenvalue weighted by Crippen LogP contribution is 2.49. The average molecular weight is 359 g/mol. The molecule has 0 fully saturated rings. The van der Waals surface area contributed by atoms with Crippen LogP contribution in [0.4, 0.5) is 4.39 Å². The van der Waals surface area contributed by atoms with Gasteiger partial charge < -0.3 is 18.9 Å². The third kappa shape index (κ3) is 2.90. The first-order chi connectivity index (χ1) is 12.6. The molecule has 7 nitrogen and oxygen atoms in total. The number of hydrogen-bond acceptors (Lipinski definition) is 6. The number of ether oxygens (including phenoxy) is 4. The number of rotatable bonds is 6. The highest BCUT2D eigenvalue weighted by atomic mass is 19.1. The van der Waals surface area contributed by atoms with Crippen LogP contribution in [0, 0.1) is 5.82 Å². The van der Waals surface area contributed by atoms with Gasteiger partial charge in [0.05, 0.1) is 51.6 Å². The summed E-state index contributed by atoms with van der Waals surface area (Å²) in [5, 5.41) is 8.07. The lowest BCUT2D eigenvalue weighted by molar-refractivity contribution is 0.306. The average Bonchev–Trinajstić information content (AvgIpc) is 3.16. The van der Waals surface area contributed by atoms with E-state index in [1.165, 1.54) is 40.6 Å². The van der Waals surface area contributed by atoms with Gasteiger partial charge in [0.1, 0.15) is 5.82 Å². The van der Waals surface area contributed by atoms with Crippen molar-refractivity contribution in [3.63, 3.8) is 0 Å². The maximum absolute atomic E-state index is 13.2. The largest absolute Gasteiger partial charge is 0.493 e. The van der Waals surface area contributed by atoms with Gasteiger partial charge in [0.2, 0.25) is 11.5 Å². The molecule has 136 valence electrons. The van der Waals surface area contributed by atoms with E-state index in [0.29, 0.717) is 39.9 Å². The second-order valence-corrected chi connectivity index (χ2v) is 5.23. The van der Waals surface area contributed by atoms with Crippen molar-refractivity contribution in [2.75, 3.05) is 28.4 Å². The van der Waals surface area contributed by atoms with E-state index in [1.807, 2.05) is 0 Å². The van der Waals surface area contributed by atoms with Gasteiger partial charge in [0, 0.05) is 0 Å². The summed E-state index contributed by atoms with van der Waals surface area (Å²) in [4.78, 5) is 0. The second-order valence-electron chi connectivity index (χ2n) is 5.23. The lowest BCUT2D eigenvalue weighted by Crippen LogP contribution is -2.03. The molecule has 3 rings (SSSR count). The second kappa shape index (κ2) is 7.30. The molecule has 0 bridgehead atoms.